The van der Waals surface area contributed by atoms with Crippen molar-refractivity contribution in [2.24, 2.45) is 0 Å². The highest BCUT2D eigenvalue weighted by molar-refractivity contribution is 5.95. The first-order valence-electron chi connectivity index (χ1n) is 9.06. The molecule has 7 heteroatoms. The first-order valence-corrected chi connectivity index (χ1v) is 9.06. The summed E-state index contributed by atoms with van der Waals surface area (Å²) in [6.45, 7) is 6.74. The van der Waals surface area contributed by atoms with E-state index >= 15 is 0 Å². The average Bonchev–Trinajstić information content (AvgIpc) is 3.09. The second kappa shape index (κ2) is 7.19. The Balaban J connectivity index is 1.46. The molecule has 3 aromatic rings. The molecule has 1 saturated heterocycles. The molecule has 0 spiro atoms. The number of para-hydroxylation sites is 1. The van der Waals surface area contributed by atoms with E-state index in [2.05, 4.69) is 20.0 Å². The summed E-state index contributed by atoms with van der Waals surface area (Å²) < 4.78 is 1.81. The molecule has 4 rings (SSSR count). The van der Waals surface area contributed by atoms with E-state index in [-0.39, 0.29) is 5.91 Å². The van der Waals surface area contributed by atoms with Gasteiger partial charge in [0.05, 0.1) is 23.1 Å². The number of aryl methyl sites for hydroxylation is 1. The Morgan fingerprint density at radius 3 is 2.44 bits per heavy atom. The standard InChI is InChI=1S/C20H22N6O/c1-15-12-19(22-14-21-15)24-8-10-25(11-9-24)20(27)18-13-23-26(16(18)2)17-6-4-3-5-7-17/h3-7,12-14H,8-11H2,1-2H3. The third-order valence-corrected chi connectivity index (χ3v) is 4.92. The van der Waals surface area contributed by atoms with E-state index in [4.69, 9.17) is 0 Å². The van der Waals surface area contributed by atoms with Crippen LogP contribution in [0.1, 0.15) is 21.7 Å². The molecule has 0 N–H and O–H groups in total. The van der Waals surface area contributed by atoms with Gasteiger partial charge in [-0.3, -0.25) is 4.79 Å². The minimum absolute atomic E-state index is 0.0354. The second-order valence-electron chi connectivity index (χ2n) is 6.69. The van der Waals surface area contributed by atoms with Gasteiger partial charge in [-0.1, -0.05) is 18.2 Å². The van der Waals surface area contributed by atoms with Gasteiger partial charge in [-0.05, 0) is 26.0 Å². The fourth-order valence-electron chi connectivity index (χ4n) is 3.37. The summed E-state index contributed by atoms with van der Waals surface area (Å²) in [5.74, 6) is 0.955. The lowest BCUT2D eigenvalue weighted by Gasteiger charge is -2.35. The molecule has 1 aromatic carbocycles. The number of aromatic nitrogens is 4. The van der Waals surface area contributed by atoms with Gasteiger partial charge in [-0.25, -0.2) is 14.6 Å². The molecule has 1 aliphatic heterocycles. The number of amides is 1. The number of carbonyl (C=O) groups excluding carboxylic acids is 1. The topological polar surface area (TPSA) is 67.2 Å². The molecular weight excluding hydrogens is 340 g/mol. The Morgan fingerprint density at radius 1 is 1.00 bits per heavy atom. The molecule has 1 aliphatic rings. The highest BCUT2D eigenvalue weighted by atomic mass is 16.2. The fraction of sp³-hybridized carbons (Fsp3) is 0.300. The highest BCUT2D eigenvalue weighted by Crippen LogP contribution is 2.18. The van der Waals surface area contributed by atoms with Crippen LogP contribution < -0.4 is 4.90 Å². The highest BCUT2D eigenvalue weighted by Gasteiger charge is 2.25. The monoisotopic (exact) mass is 362 g/mol. The smallest absolute Gasteiger partial charge is 0.257 e. The van der Waals surface area contributed by atoms with Crippen molar-refractivity contribution in [3.05, 3.63) is 65.9 Å². The molecule has 0 bridgehead atoms. The van der Waals surface area contributed by atoms with Gasteiger partial charge in [0.2, 0.25) is 0 Å². The second-order valence-corrected chi connectivity index (χ2v) is 6.69. The number of hydrogen-bond acceptors (Lipinski definition) is 5. The van der Waals surface area contributed by atoms with Crippen LogP contribution in [0.3, 0.4) is 0 Å². The lowest BCUT2D eigenvalue weighted by Crippen LogP contribution is -2.49. The molecule has 0 aliphatic carbocycles. The summed E-state index contributed by atoms with van der Waals surface area (Å²) in [6, 6.07) is 11.8. The van der Waals surface area contributed by atoms with Crippen LogP contribution in [-0.2, 0) is 0 Å². The molecule has 138 valence electrons. The fourth-order valence-corrected chi connectivity index (χ4v) is 3.37. The first-order chi connectivity index (χ1) is 13.1. The number of piperazine rings is 1. The Kier molecular flexibility index (Phi) is 4.58. The largest absolute Gasteiger partial charge is 0.353 e. The Morgan fingerprint density at radius 2 is 1.74 bits per heavy atom. The third-order valence-electron chi connectivity index (χ3n) is 4.92. The van der Waals surface area contributed by atoms with Crippen LogP contribution in [0.15, 0.2) is 48.9 Å². The molecule has 0 unspecified atom stereocenters. The minimum Gasteiger partial charge on any atom is -0.353 e. The maximum Gasteiger partial charge on any atom is 0.257 e. The summed E-state index contributed by atoms with van der Waals surface area (Å²) in [7, 11) is 0. The number of hydrogen-bond donors (Lipinski definition) is 0. The van der Waals surface area contributed by atoms with Gasteiger partial charge in [0, 0.05) is 37.9 Å². The first kappa shape index (κ1) is 17.2. The molecular formula is C20H22N6O. The molecule has 1 fully saturated rings. The molecule has 1 amide bonds. The summed E-state index contributed by atoms with van der Waals surface area (Å²) in [4.78, 5) is 25.6. The van der Waals surface area contributed by atoms with Crippen molar-refractivity contribution in [3.8, 4) is 5.69 Å². The van der Waals surface area contributed by atoms with E-state index in [1.165, 1.54) is 0 Å². The van der Waals surface area contributed by atoms with Crippen LogP contribution >= 0.6 is 0 Å². The molecule has 27 heavy (non-hydrogen) atoms. The molecule has 7 nitrogen and oxygen atoms in total. The number of anilines is 1. The van der Waals surface area contributed by atoms with Crippen molar-refractivity contribution in [2.75, 3.05) is 31.1 Å². The van der Waals surface area contributed by atoms with Crippen LogP contribution in [0.2, 0.25) is 0 Å². The van der Waals surface area contributed by atoms with E-state index in [0.29, 0.717) is 18.7 Å². The predicted molar refractivity (Wildman–Crippen MR) is 103 cm³/mol. The number of carbonyl (C=O) groups is 1. The van der Waals surface area contributed by atoms with E-state index in [0.717, 1.165) is 36.0 Å². The predicted octanol–water partition coefficient (Wildman–Crippen LogP) is 2.24. The SMILES string of the molecule is Cc1cc(N2CCN(C(=O)c3cnn(-c4ccccc4)c3C)CC2)ncn1. The molecule has 3 heterocycles. The Hall–Kier alpha value is -3.22. The molecule has 0 saturated carbocycles. The summed E-state index contributed by atoms with van der Waals surface area (Å²) in [5.41, 5.74) is 3.42. The molecule has 0 radical (unpaired) electrons. The van der Waals surface area contributed by atoms with Crippen molar-refractivity contribution in [1.29, 1.82) is 0 Å². The van der Waals surface area contributed by atoms with E-state index in [9.17, 15) is 4.79 Å². The van der Waals surface area contributed by atoms with Crippen LogP contribution in [0.25, 0.3) is 5.69 Å². The maximum atomic E-state index is 13.0. The molecule has 0 atom stereocenters. The summed E-state index contributed by atoms with van der Waals surface area (Å²) in [5, 5.41) is 4.42. The third kappa shape index (κ3) is 3.40. The van der Waals surface area contributed by atoms with Gasteiger partial charge >= 0.3 is 0 Å². The van der Waals surface area contributed by atoms with Gasteiger partial charge in [0.1, 0.15) is 12.1 Å². The number of rotatable bonds is 3. The quantitative estimate of drug-likeness (QED) is 0.715. The normalized spacial score (nSPS) is 14.4. The van der Waals surface area contributed by atoms with Gasteiger partial charge in [0.15, 0.2) is 0 Å². The van der Waals surface area contributed by atoms with E-state index in [1.807, 2.05) is 59.8 Å². The zero-order chi connectivity index (χ0) is 18.8. The van der Waals surface area contributed by atoms with Crippen molar-refractivity contribution < 1.29 is 4.79 Å². The van der Waals surface area contributed by atoms with Crippen LogP contribution in [0.4, 0.5) is 5.82 Å². The lowest BCUT2D eigenvalue weighted by atomic mass is 10.2. The molecule has 2 aromatic heterocycles. The summed E-state index contributed by atoms with van der Waals surface area (Å²) >= 11 is 0. The van der Waals surface area contributed by atoms with Gasteiger partial charge in [-0.15, -0.1) is 0 Å². The summed E-state index contributed by atoms with van der Waals surface area (Å²) in [6.07, 6.45) is 3.26. The Labute approximate surface area is 158 Å². The van der Waals surface area contributed by atoms with Gasteiger partial charge in [0.25, 0.3) is 5.91 Å². The average molecular weight is 362 g/mol. The lowest BCUT2D eigenvalue weighted by molar-refractivity contribution is 0.0745. The minimum atomic E-state index is 0.0354. The van der Waals surface area contributed by atoms with Gasteiger partial charge < -0.3 is 9.80 Å². The van der Waals surface area contributed by atoms with Crippen LogP contribution in [0.5, 0.6) is 0 Å². The Bertz CT molecular complexity index is 944. The number of benzene rings is 1. The van der Waals surface area contributed by atoms with Crippen molar-refractivity contribution >= 4 is 11.7 Å². The zero-order valence-electron chi connectivity index (χ0n) is 15.5. The van der Waals surface area contributed by atoms with Crippen molar-refractivity contribution in [3.63, 3.8) is 0 Å². The van der Waals surface area contributed by atoms with Crippen LogP contribution in [0, 0.1) is 13.8 Å². The van der Waals surface area contributed by atoms with Crippen molar-refractivity contribution in [2.45, 2.75) is 13.8 Å². The zero-order valence-corrected chi connectivity index (χ0v) is 15.5. The van der Waals surface area contributed by atoms with Crippen molar-refractivity contribution in [1.82, 2.24) is 24.6 Å². The number of nitrogens with zero attached hydrogens (tertiary/aromatic N) is 6. The van der Waals surface area contributed by atoms with Crippen LogP contribution in [-0.4, -0.2) is 56.7 Å². The van der Waals surface area contributed by atoms with Gasteiger partial charge in [-0.2, -0.15) is 5.10 Å². The maximum absolute atomic E-state index is 13.0. The van der Waals surface area contributed by atoms with E-state index < -0.39 is 0 Å². The van der Waals surface area contributed by atoms with E-state index in [1.54, 1.807) is 12.5 Å².